The van der Waals surface area contributed by atoms with E-state index in [1.807, 2.05) is 0 Å². The van der Waals surface area contributed by atoms with Gasteiger partial charge in [-0.3, -0.25) is 4.79 Å². The molecule has 1 aromatic carbocycles. The normalized spacial score (nSPS) is 10.2. The summed E-state index contributed by atoms with van der Waals surface area (Å²) in [5.74, 6) is -1.11. The SMILES string of the molecule is CC(=O)c1c[nH]c(C(=O)OCCOc2ccccc2F)c1. The van der Waals surface area contributed by atoms with E-state index in [2.05, 4.69) is 4.98 Å². The third-order valence-corrected chi connectivity index (χ3v) is 2.72. The highest BCUT2D eigenvalue weighted by atomic mass is 19.1. The molecule has 1 aromatic heterocycles. The van der Waals surface area contributed by atoms with Crippen molar-refractivity contribution in [3.8, 4) is 5.75 Å². The van der Waals surface area contributed by atoms with Gasteiger partial charge in [-0.1, -0.05) is 12.1 Å². The summed E-state index contributed by atoms with van der Waals surface area (Å²) in [4.78, 5) is 25.4. The minimum Gasteiger partial charge on any atom is -0.487 e. The van der Waals surface area contributed by atoms with E-state index in [1.165, 1.54) is 31.3 Å². The van der Waals surface area contributed by atoms with Crippen LogP contribution in [0.4, 0.5) is 4.39 Å². The van der Waals surface area contributed by atoms with Crippen molar-refractivity contribution in [1.82, 2.24) is 4.98 Å². The number of Topliss-reactive ketones (excluding diaryl/α,β-unsaturated/α-hetero) is 1. The molecule has 1 heterocycles. The van der Waals surface area contributed by atoms with Crippen LogP contribution in [0.5, 0.6) is 5.75 Å². The number of carbonyl (C=O) groups excluding carboxylic acids is 2. The van der Waals surface area contributed by atoms with Gasteiger partial charge in [-0.25, -0.2) is 9.18 Å². The van der Waals surface area contributed by atoms with Gasteiger partial charge in [0, 0.05) is 11.8 Å². The van der Waals surface area contributed by atoms with Gasteiger partial charge in [0.25, 0.3) is 0 Å². The number of aromatic nitrogens is 1. The third kappa shape index (κ3) is 3.92. The molecule has 0 unspecified atom stereocenters. The highest BCUT2D eigenvalue weighted by molar-refractivity contribution is 5.97. The topological polar surface area (TPSA) is 68.4 Å². The highest BCUT2D eigenvalue weighted by Gasteiger charge is 2.12. The molecule has 0 spiro atoms. The van der Waals surface area contributed by atoms with Crippen LogP contribution in [0.25, 0.3) is 0 Å². The number of para-hydroxylation sites is 1. The first-order valence-corrected chi connectivity index (χ1v) is 6.31. The molecule has 0 radical (unpaired) electrons. The number of H-pyrrole nitrogens is 1. The Balaban J connectivity index is 1.79. The fraction of sp³-hybridized carbons (Fsp3) is 0.200. The molecule has 0 saturated heterocycles. The van der Waals surface area contributed by atoms with Crippen molar-refractivity contribution in [3.05, 3.63) is 53.6 Å². The number of halogens is 1. The molecule has 0 fully saturated rings. The average Bonchev–Trinajstić information content (AvgIpc) is 2.95. The maximum Gasteiger partial charge on any atom is 0.354 e. The van der Waals surface area contributed by atoms with E-state index in [0.717, 1.165) is 0 Å². The largest absolute Gasteiger partial charge is 0.487 e. The van der Waals surface area contributed by atoms with Gasteiger partial charge in [0.05, 0.1) is 0 Å². The van der Waals surface area contributed by atoms with E-state index < -0.39 is 11.8 Å². The first-order valence-electron chi connectivity index (χ1n) is 6.31. The smallest absolute Gasteiger partial charge is 0.354 e. The third-order valence-electron chi connectivity index (χ3n) is 2.72. The van der Waals surface area contributed by atoms with Crippen molar-refractivity contribution in [3.63, 3.8) is 0 Å². The standard InChI is InChI=1S/C15H14FNO4/c1-10(18)11-8-13(17-9-11)15(19)21-7-6-20-14-5-3-2-4-12(14)16/h2-5,8-9,17H,6-7H2,1H3. The number of hydrogen-bond acceptors (Lipinski definition) is 4. The zero-order valence-electron chi connectivity index (χ0n) is 11.4. The maximum atomic E-state index is 13.2. The minimum absolute atomic E-state index is 0.0262. The zero-order valence-corrected chi connectivity index (χ0v) is 11.4. The van der Waals surface area contributed by atoms with E-state index in [-0.39, 0.29) is 30.4 Å². The lowest BCUT2D eigenvalue weighted by Crippen LogP contribution is -2.13. The second-order valence-corrected chi connectivity index (χ2v) is 4.27. The van der Waals surface area contributed by atoms with Crippen molar-refractivity contribution in [2.75, 3.05) is 13.2 Å². The lowest BCUT2D eigenvalue weighted by molar-refractivity contribution is 0.0442. The van der Waals surface area contributed by atoms with Crippen molar-refractivity contribution < 1.29 is 23.5 Å². The molecular weight excluding hydrogens is 277 g/mol. The molecule has 0 aliphatic carbocycles. The molecule has 2 rings (SSSR count). The number of aromatic amines is 1. The number of rotatable bonds is 6. The van der Waals surface area contributed by atoms with E-state index >= 15 is 0 Å². The van der Waals surface area contributed by atoms with Gasteiger partial charge < -0.3 is 14.5 Å². The molecule has 2 aromatic rings. The average molecular weight is 291 g/mol. The Morgan fingerprint density at radius 3 is 2.67 bits per heavy atom. The molecule has 0 bridgehead atoms. The van der Waals surface area contributed by atoms with Crippen LogP contribution >= 0.6 is 0 Å². The molecule has 110 valence electrons. The molecule has 0 aliphatic heterocycles. The summed E-state index contributed by atoms with van der Waals surface area (Å²) in [6, 6.07) is 7.39. The van der Waals surface area contributed by atoms with Crippen LogP contribution in [-0.2, 0) is 4.74 Å². The predicted molar refractivity (Wildman–Crippen MR) is 73.0 cm³/mol. The molecule has 0 saturated carbocycles. The summed E-state index contributed by atoms with van der Waals surface area (Å²) in [7, 11) is 0. The molecule has 6 heteroatoms. The summed E-state index contributed by atoms with van der Waals surface area (Å²) < 4.78 is 23.4. The van der Waals surface area contributed by atoms with Crippen molar-refractivity contribution >= 4 is 11.8 Å². The van der Waals surface area contributed by atoms with Crippen LogP contribution in [-0.4, -0.2) is 30.0 Å². The van der Waals surface area contributed by atoms with Gasteiger partial charge in [-0.05, 0) is 25.1 Å². The van der Waals surface area contributed by atoms with Gasteiger partial charge in [0.15, 0.2) is 17.3 Å². The quantitative estimate of drug-likeness (QED) is 0.504. The lowest BCUT2D eigenvalue weighted by atomic mass is 10.2. The fourth-order valence-electron chi connectivity index (χ4n) is 1.64. The highest BCUT2D eigenvalue weighted by Crippen LogP contribution is 2.15. The van der Waals surface area contributed by atoms with Crippen LogP contribution in [0.1, 0.15) is 27.8 Å². The van der Waals surface area contributed by atoms with E-state index in [1.54, 1.807) is 12.1 Å². The Hall–Kier alpha value is -2.63. The lowest BCUT2D eigenvalue weighted by Gasteiger charge is -2.07. The molecule has 5 nitrogen and oxygen atoms in total. The van der Waals surface area contributed by atoms with Gasteiger partial charge in [-0.15, -0.1) is 0 Å². The molecule has 0 atom stereocenters. The minimum atomic E-state index is -0.598. The summed E-state index contributed by atoms with van der Waals surface area (Å²) in [6.45, 7) is 1.41. The number of nitrogens with one attached hydrogen (secondary N) is 1. The van der Waals surface area contributed by atoms with Crippen molar-refractivity contribution in [2.45, 2.75) is 6.92 Å². The van der Waals surface area contributed by atoms with Gasteiger partial charge >= 0.3 is 5.97 Å². The molecule has 0 aliphatic rings. The maximum absolute atomic E-state index is 13.2. The van der Waals surface area contributed by atoms with Crippen LogP contribution in [0.3, 0.4) is 0 Å². The number of benzene rings is 1. The number of ketones is 1. The van der Waals surface area contributed by atoms with E-state index in [4.69, 9.17) is 9.47 Å². The number of carbonyl (C=O) groups is 2. The predicted octanol–water partition coefficient (Wildman–Crippen LogP) is 2.59. The monoisotopic (exact) mass is 291 g/mol. The van der Waals surface area contributed by atoms with Crippen LogP contribution in [0.15, 0.2) is 36.5 Å². The van der Waals surface area contributed by atoms with Crippen molar-refractivity contribution in [1.29, 1.82) is 0 Å². The Morgan fingerprint density at radius 2 is 2.00 bits per heavy atom. The summed E-state index contributed by atoms with van der Waals surface area (Å²) in [6.07, 6.45) is 1.44. The van der Waals surface area contributed by atoms with E-state index in [0.29, 0.717) is 5.56 Å². The van der Waals surface area contributed by atoms with Gasteiger partial charge in [-0.2, -0.15) is 0 Å². The second kappa shape index (κ2) is 6.69. The molecule has 0 amide bonds. The van der Waals surface area contributed by atoms with E-state index in [9.17, 15) is 14.0 Å². The fourth-order valence-corrected chi connectivity index (χ4v) is 1.64. The molecular formula is C15H14FNO4. The number of ether oxygens (including phenoxy) is 2. The number of hydrogen-bond donors (Lipinski definition) is 1. The Kier molecular flexibility index (Phi) is 4.71. The summed E-state index contributed by atoms with van der Waals surface area (Å²) in [5.41, 5.74) is 0.593. The zero-order chi connectivity index (χ0) is 15.2. The van der Waals surface area contributed by atoms with Crippen LogP contribution in [0.2, 0.25) is 0 Å². The number of esters is 1. The van der Waals surface area contributed by atoms with Crippen LogP contribution < -0.4 is 4.74 Å². The molecule has 21 heavy (non-hydrogen) atoms. The second-order valence-electron chi connectivity index (χ2n) is 4.27. The first-order chi connectivity index (χ1) is 10.1. The Labute approximate surface area is 120 Å². The molecule has 1 N–H and O–H groups in total. The van der Waals surface area contributed by atoms with Crippen LogP contribution in [0, 0.1) is 5.82 Å². The summed E-state index contributed by atoms with van der Waals surface area (Å²) in [5, 5.41) is 0. The summed E-state index contributed by atoms with van der Waals surface area (Å²) >= 11 is 0. The van der Waals surface area contributed by atoms with Gasteiger partial charge in [0.2, 0.25) is 0 Å². The first kappa shape index (κ1) is 14.8. The Bertz CT molecular complexity index is 651. The van der Waals surface area contributed by atoms with Gasteiger partial charge in [0.1, 0.15) is 18.9 Å². The van der Waals surface area contributed by atoms with Crippen molar-refractivity contribution in [2.24, 2.45) is 0 Å². The Morgan fingerprint density at radius 1 is 1.24 bits per heavy atom.